The molecular formula is C21H20O7. The monoisotopic (exact) mass is 384 g/mol. The van der Waals surface area contributed by atoms with Crippen molar-refractivity contribution in [2.24, 2.45) is 0 Å². The highest BCUT2D eigenvalue weighted by Crippen LogP contribution is 2.40. The van der Waals surface area contributed by atoms with Gasteiger partial charge in [-0.3, -0.25) is 4.79 Å². The number of phenols is 4. The zero-order valence-corrected chi connectivity index (χ0v) is 15.6. The van der Waals surface area contributed by atoms with E-state index in [0.29, 0.717) is 0 Å². The molecule has 0 unspecified atom stereocenters. The van der Waals surface area contributed by atoms with Crippen molar-refractivity contribution in [3.05, 3.63) is 51.7 Å². The second-order valence-electron chi connectivity index (χ2n) is 6.58. The summed E-state index contributed by atoms with van der Waals surface area (Å²) in [5.41, 5.74) is 0.814. The molecule has 0 fully saturated rings. The first kappa shape index (κ1) is 19.2. The third-order valence-electron chi connectivity index (χ3n) is 4.35. The van der Waals surface area contributed by atoms with Crippen LogP contribution in [0.4, 0.5) is 0 Å². The maximum absolute atomic E-state index is 13.0. The predicted octanol–water partition coefficient (Wildman–Crippen LogP) is 3.80. The lowest BCUT2D eigenvalue weighted by molar-refractivity contribution is 0.395. The van der Waals surface area contributed by atoms with Gasteiger partial charge in [-0.15, -0.1) is 0 Å². The summed E-state index contributed by atoms with van der Waals surface area (Å²) in [4.78, 5) is 13.0. The van der Waals surface area contributed by atoms with Crippen molar-refractivity contribution in [3.8, 4) is 40.1 Å². The molecule has 1 aromatic heterocycles. The van der Waals surface area contributed by atoms with E-state index >= 15 is 0 Å². The van der Waals surface area contributed by atoms with Gasteiger partial charge in [0.05, 0.1) is 7.11 Å². The van der Waals surface area contributed by atoms with Gasteiger partial charge in [-0.1, -0.05) is 11.6 Å². The van der Waals surface area contributed by atoms with Crippen LogP contribution in [0.1, 0.15) is 19.4 Å². The highest BCUT2D eigenvalue weighted by molar-refractivity contribution is 5.90. The zero-order chi connectivity index (χ0) is 20.6. The van der Waals surface area contributed by atoms with Gasteiger partial charge in [-0.05, 0) is 38.5 Å². The lowest BCUT2D eigenvalue weighted by Gasteiger charge is -2.13. The fraction of sp³-hybridized carbons (Fsp3) is 0.190. The summed E-state index contributed by atoms with van der Waals surface area (Å²) in [6, 6.07) is 5.15. The molecule has 0 aliphatic rings. The van der Waals surface area contributed by atoms with Crippen LogP contribution in [-0.4, -0.2) is 27.5 Å². The van der Waals surface area contributed by atoms with Crippen LogP contribution in [0.5, 0.6) is 28.7 Å². The smallest absolute Gasteiger partial charge is 0.239 e. The molecule has 3 aromatic rings. The lowest BCUT2D eigenvalue weighted by atomic mass is 10.0. The van der Waals surface area contributed by atoms with Gasteiger partial charge in [0.15, 0.2) is 17.3 Å². The summed E-state index contributed by atoms with van der Waals surface area (Å²) in [6.45, 7) is 3.76. The number of benzene rings is 2. The van der Waals surface area contributed by atoms with E-state index in [0.717, 1.165) is 5.57 Å². The van der Waals surface area contributed by atoms with Gasteiger partial charge in [0.25, 0.3) is 0 Å². The topological polar surface area (TPSA) is 120 Å². The van der Waals surface area contributed by atoms with E-state index < -0.39 is 11.2 Å². The van der Waals surface area contributed by atoms with Crippen LogP contribution in [0.2, 0.25) is 0 Å². The molecule has 0 atom stereocenters. The Kier molecular flexibility index (Phi) is 4.92. The molecule has 4 N–H and O–H groups in total. The summed E-state index contributed by atoms with van der Waals surface area (Å²) in [5.74, 6) is -1.50. The van der Waals surface area contributed by atoms with Crippen LogP contribution < -0.4 is 10.2 Å². The fourth-order valence-electron chi connectivity index (χ4n) is 2.89. The summed E-state index contributed by atoms with van der Waals surface area (Å²) in [7, 11) is 1.28. The van der Waals surface area contributed by atoms with Gasteiger partial charge in [0.1, 0.15) is 22.5 Å². The first-order chi connectivity index (χ1) is 13.2. The van der Waals surface area contributed by atoms with Crippen molar-refractivity contribution >= 4 is 11.0 Å². The van der Waals surface area contributed by atoms with E-state index in [-0.39, 0.29) is 57.3 Å². The molecular weight excluding hydrogens is 364 g/mol. The number of hydrogen-bond donors (Lipinski definition) is 4. The SMILES string of the molecule is COc1c(-c2ccc(O)c(O)c2)oc2cc(O)c(CC=C(C)C)c(O)c2c1=O. The van der Waals surface area contributed by atoms with E-state index in [1.807, 2.05) is 19.9 Å². The molecule has 3 rings (SSSR count). The number of ether oxygens (including phenoxy) is 1. The number of rotatable bonds is 4. The first-order valence-electron chi connectivity index (χ1n) is 8.49. The molecule has 7 nitrogen and oxygen atoms in total. The molecule has 2 aromatic carbocycles. The van der Waals surface area contributed by atoms with Gasteiger partial charge in [-0.2, -0.15) is 0 Å². The Hall–Kier alpha value is -3.61. The molecule has 0 aliphatic heterocycles. The molecule has 0 amide bonds. The predicted molar refractivity (Wildman–Crippen MR) is 104 cm³/mol. The normalized spacial score (nSPS) is 10.8. The summed E-state index contributed by atoms with van der Waals surface area (Å²) >= 11 is 0. The third kappa shape index (κ3) is 3.22. The summed E-state index contributed by atoms with van der Waals surface area (Å²) in [6.07, 6.45) is 2.05. The van der Waals surface area contributed by atoms with E-state index in [9.17, 15) is 25.2 Å². The third-order valence-corrected chi connectivity index (χ3v) is 4.35. The quantitative estimate of drug-likeness (QED) is 0.399. The molecule has 0 spiro atoms. The van der Waals surface area contributed by atoms with Gasteiger partial charge in [0, 0.05) is 17.2 Å². The fourth-order valence-corrected chi connectivity index (χ4v) is 2.89. The highest BCUT2D eigenvalue weighted by atomic mass is 16.5. The average Bonchev–Trinajstić information content (AvgIpc) is 2.63. The van der Waals surface area contributed by atoms with Gasteiger partial charge >= 0.3 is 0 Å². The Labute approximate surface area is 160 Å². The minimum atomic E-state index is -0.623. The molecule has 0 bridgehead atoms. The Morgan fingerprint density at radius 1 is 1.07 bits per heavy atom. The van der Waals surface area contributed by atoms with Crippen molar-refractivity contribution in [2.45, 2.75) is 20.3 Å². The Balaban J connectivity index is 2.33. The van der Waals surface area contributed by atoms with Crippen molar-refractivity contribution in [3.63, 3.8) is 0 Å². The number of methoxy groups -OCH3 is 1. The van der Waals surface area contributed by atoms with Crippen LogP contribution in [0, 0.1) is 0 Å². The number of fused-ring (bicyclic) bond motifs is 1. The molecule has 1 heterocycles. The van der Waals surface area contributed by atoms with Gasteiger partial charge < -0.3 is 29.6 Å². The van der Waals surface area contributed by atoms with Crippen LogP contribution in [-0.2, 0) is 6.42 Å². The van der Waals surface area contributed by atoms with Crippen LogP contribution in [0.25, 0.3) is 22.3 Å². The van der Waals surface area contributed by atoms with Crippen LogP contribution >= 0.6 is 0 Å². The molecule has 0 radical (unpaired) electrons. The van der Waals surface area contributed by atoms with Crippen molar-refractivity contribution < 1.29 is 29.6 Å². The highest BCUT2D eigenvalue weighted by Gasteiger charge is 2.23. The largest absolute Gasteiger partial charge is 0.507 e. The van der Waals surface area contributed by atoms with E-state index in [2.05, 4.69) is 0 Å². The van der Waals surface area contributed by atoms with E-state index in [1.165, 1.54) is 31.4 Å². The van der Waals surface area contributed by atoms with Crippen LogP contribution in [0.3, 0.4) is 0 Å². The van der Waals surface area contributed by atoms with Crippen LogP contribution in [0.15, 0.2) is 45.1 Å². The standard InChI is InChI=1S/C21H20O7/c1-10(2)4-6-12-14(23)9-16-17(18(12)25)19(26)21(27-3)20(28-16)11-5-7-13(22)15(24)8-11/h4-5,7-9,22-25H,6H2,1-3H3. The average molecular weight is 384 g/mol. The molecule has 7 heteroatoms. The molecule has 146 valence electrons. The van der Waals surface area contributed by atoms with Crippen molar-refractivity contribution in [2.75, 3.05) is 7.11 Å². The minimum absolute atomic E-state index is 0.00820. The van der Waals surface area contributed by atoms with E-state index in [1.54, 1.807) is 0 Å². The van der Waals surface area contributed by atoms with E-state index in [4.69, 9.17) is 9.15 Å². The Morgan fingerprint density at radius 2 is 1.79 bits per heavy atom. The van der Waals surface area contributed by atoms with Crippen molar-refractivity contribution in [1.82, 2.24) is 0 Å². The van der Waals surface area contributed by atoms with Gasteiger partial charge in [-0.25, -0.2) is 0 Å². The zero-order valence-electron chi connectivity index (χ0n) is 15.6. The molecule has 0 saturated heterocycles. The number of phenolic OH excluding ortho intramolecular Hbond substituents is 4. The Bertz CT molecular complexity index is 1150. The van der Waals surface area contributed by atoms with Crippen molar-refractivity contribution in [1.29, 1.82) is 0 Å². The minimum Gasteiger partial charge on any atom is -0.507 e. The Morgan fingerprint density at radius 3 is 2.39 bits per heavy atom. The number of aromatic hydroxyl groups is 4. The second kappa shape index (κ2) is 7.19. The first-order valence-corrected chi connectivity index (χ1v) is 8.49. The van der Waals surface area contributed by atoms with Gasteiger partial charge in [0.2, 0.25) is 11.2 Å². The lowest BCUT2D eigenvalue weighted by Crippen LogP contribution is -2.08. The maximum atomic E-state index is 13.0. The summed E-state index contributed by atoms with van der Waals surface area (Å²) < 4.78 is 10.9. The molecule has 0 aliphatic carbocycles. The summed E-state index contributed by atoms with van der Waals surface area (Å²) in [5, 5.41) is 40.0. The molecule has 28 heavy (non-hydrogen) atoms. The number of allylic oxidation sites excluding steroid dienone is 2. The maximum Gasteiger partial charge on any atom is 0.239 e. The number of hydrogen-bond acceptors (Lipinski definition) is 7. The molecule has 0 saturated carbocycles. The second-order valence-corrected chi connectivity index (χ2v) is 6.58.